The Morgan fingerprint density at radius 3 is 2.91 bits per heavy atom. The number of anilines is 1. The summed E-state index contributed by atoms with van der Waals surface area (Å²) in [7, 11) is 0. The van der Waals surface area contributed by atoms with Crippen LogP contribution in [0.2, 0.25) is 0 Å². The molecule has 1 spiro atoms. The van der Waals surface area contributed by atoms with Crippen molar-refractivity contribution in [3.05, 3.63) is 47.3 Å². The van der Waals surface area contributed by atoms with Crippen LogP contribution in [0.25, 0.3) is 0 Å². The van der Waals surface area contributed by atoms with Gasteiger partial charge < -0.3 is 25.5 Å². The Hall–Kier alpha value is -2.84. The fraction of sp³-hybridized carbons (Fsp3) is 0.538. The molecule has 5 atom stereocenters. The van der Waals surface area contributed by atoms with Crippen molar-refractivity contribution < 1.29 is 19.4 Å². The number of hydrogen-bond acceptors (Lipinski definition) is 5. The maximum atomic E-state index is 13.0. The second-order valence-electron chi connectivity index (χ2n) is 10.8. The lowest BCUT2D eigenvalue weighted by Gasteiger charge is -2.64. The van der Waals surface area contributed by atoms with Gasteiger partial charge in [-0.3, -0.25) is 14.5 Å². The molecular weight excluding hydrogens is 432 g/mol. The fourth-order valence-corrected chi connectivity index (χ4v) is 7.54. The summed E-state index contributed by atoms with van der Waals surface area (Å²) in [4.78, 5) is 29.8. The van der Waals surface area contributed by atoms with Crippen LogP contribution in [0.3, 0.4) is 0 Å². The molecule has 1 aromatic heterocycles. The molecule has 4 N–H and O–H groups in total. The van der Waals surface area contributed by atoms with Crippen molar-refractivity contribution in [1.29, 1.82) is 0 Å². The standard InChI is InChI=1S/C26H30N4O4/c31-14-28-17-6-5-16-12-20-26(33)8-7-18(29-24(32)19-2-1-10-27-19)23-25(26,21(16)22(17)34-23)9-11-30(20)13-15-3-4-15/h1-2,5-6,10,14-15,18,20,23,27,33H,3-4,7-9,11-13H2,(H,28,31)(H,29,32)/t18?,20-,23?,25+,26-/m1/s1. The molecule has 2 unspecified atom stereocenters. The highest BCUT2D eigenvalue weighted by Crippen LogP contribution is 2.65. The Bertz CT molecular complexity index is 1160. The van der Waals surface area contributed by atoms with Crippen molar-refractivity contribution in [2.24, 2.45) is 5.92 Å². The van der Waals surface area contributed by atoms with E-state index in [1.54, 1.807) is 18.3 Å². The van der Waals surface area contributed by atoms with Gasteiger partial charge in [0.1, 0.15) is 17.5 Å². The predicted octanol–water partition coefficient (Wildman–Crippen LogP) is 1.95. The van der Waals surface area contributed by atoms with E-state index in [1.165, 1.54) is 18.4 Å². The zero-order valence-corrected chi connectivity index (χ0v) is 19.0. The molecule has 1 aromatic carbocycles. The molecule has 34 heavy (non-hydrogen) atoms. The molecule has 178 valence electrons. The number of carbonyl (C=O) groups excluding carboxylic acids is 2. The molecule has 2 bridgehead atoms. The number of rotatable bonds is 6. The lowest BCUT2D eigenvalue weighted by atomic mass is 9.48. The summed E-state index contributed by atoms with van der Waals surface area (Å²) in [6.07, 6.45) is 7.39. The first-order valence-electron chi connectivity index (χ1n) is 12.5. The van der Waals surface area contributed by atoms with Crippen molar-refractivity contribution in [2.45, 2.75) is 67.7 Å². The van der Waals surface area contributed by atoms with Gasteiger partial charge in [0.25, 0.3) is 5.91 Å². The van der Waals surface area contributed by atoms with Gasteiger partial charge in [-0.2, -0.15) is 0 Å². The minimum atomic E-state index is -0.934. The molecule has 1 saturated heterocycles. The van der Waals surface area contributed by atoms with Crippen molar-refractivity contribution in [3.8, 4) is 5.75 Å². The van der Waals surface area contributed by atoms with E-state index in [4.69, 9.17) is 4.74 Å². The van der Waals surface area contributed by atoms with Gasteiger partial charge >= 0.3 is 0 Å². The van der Waals surface area contributed by atoms with Gasteiger partial charge in [0.15, 0.2) is 0 Å². The Morgan fingerprint density at radius 2 is 2.15 bits per heavy atom. The third kappa shape index (κ3) is 2.61. The largest absolute Gasteiger partial charge is 0.485 e. The minimum Gasteiger partial charge on any atom is -0.485 e. The molecule has 2 aliphatic heterocycles. The van der Waals surface area contributed by atoms with Crippen molar-refractivity contribution >= 4 is 18.0 Å². The number of aliphatic hydroxyl groups is 1. The van der Waals surface area contributed by atoms with Gasteiger partial charge in [0.05, 0.1) is 22.7 Å². The Labute approximate surface area is 198 Å². The van der Waals surface area contributed by atoms with E-state index in [-0.39, 0.29) is 24.1 Å². The fourth-order valence-electron chi connectivity index (χ4n) is 7.54. The maximum absolute atomic E-state index is 13.0. The first-order chi connectivity index (χ1) is 16.5. The van der Waals surface area contributed by atoms with E-state index >= 15 is 0 Å². The number of nitrogens with one attached hydrogen (secondary N) is 3. The second-order valence-corrected chi connectivity index (χ2v) is 10.8. The highest BCUT2D eigenvalue weighted by Gasteiger charge is 2.73. The van der Waals surface area contributed by atoms with E-state index in [2.05, 4.69) is 26.6 Å². The maximum Gasteiger partial charge on any atom is 0.268 e. The van der Waals surface area contributed by atoms with E-state index in [9.17, 15) is 14.7 Å². The quantitative estimate of drug-likeness (QED) is 0.491. The van der Waals surface area contributed by atoms with Crippen LogP contribution >= 0.6 is 0 Å². The molecule has 3 fully saturated rings. The highest BCUT2D eigenvalue weighted by atomic mass is 16.5. The molecular formula is C26H30N4O4. The number of nitrogens with zero attached hydrogens (tertiary/aromatic N) is 1. The topological polar surface area (TPSA) is 107 Å². The first-order valence-corrected chi connectivity index (χ1v) is 12.5. The van der Waals surface area contributed by atoms with Crippen LogP contribution in [0, 0.1) is 5.92 Å². The number of likely N-dealkylation sites (tertiary alicyclic amines) is 1. The van der Waals surface area contributed by atoms with Crippen molar-refractivity contribution in [3.63, 3.8) is 0 Å². The summed E-state index contributed by atoms with van der Waals surface area (Å²) in [5, 5.41) is 18.5. The van der Waals surface area contributed by atoms with Crippen molar-refractivity contribution in [2.75, 3.05) is 18.4 Å². The first kappa shape index (κ1) is 20.5. The van der Waals surface area contributed by atoms with Crippen LogP contribution < -0.4 is 15.4 Å². The molecule has 2 aromatic rings. The smallest absolute Gasteiger partial charge is 0.268 e. The monoisotopic (exact) mass is 462 g/mol. The number of hydrogen-bond donors (Lipinski definition) is 4. The van der Waals surface area contributed by atoms with Gasteiger partial charge in [0, 0.05) is 24.3 Å². The van der Waals surface area contributed by atoms with E-state index in [0.29, 0.717) is 36.4 Å². The Morgan fingerprint density at radius 1 is 1.26 bits per heavy atom. The lowest BCUT2D eigenvalue weighted by molar-refractivity contribution is -0.191. The summed E-state index contributed by atoms with van der Waals surface area (Å²) in [5.41, 5.74) is 1.85. The average molecular weight is 463 g/mol. The van der Waals surface area contributed by atoms with Gasteiger partial charge in [0.2, 0.25) is 6.41 Å². The summed E-state index contributed by atoms with van der Waals surface area (Å²) < 4.78 is 6.66. The van der Waals surface area contributed by atoms with Crippen molar-refractivity contribution in [1.82, 2.24) is 15.2 Å². The van der Waals surface area contributed by atoms with Crippen LogP contribution in [0.4, 0.5) is 5.69 Å². The highest BCUT2D eigenvalue weighted by molar-refractivity contribution is 5.92. The normalized spacial score (nSPS) is 35.3. The lowest BCUT2D eigenvalue weighted by Crippen LogP contribution is -2.78. The van der Waals surface area contributed by atoms with Crippen LogP contribution in [0.1, 0.15) is 53.7 Å². The van der Waals surface area contributed by atoms with Crippen LogP contribution in [0.15, 0.2) is 30.5 Å². The minimum absolute atomic E-state index is 0.0383. The molecule has 2 saturated carbocycles. The number of amides is 2. The summed E-state index contributed by atoms with van der Waals surface area (Å²) in [6, 6.07) is 7.36. The summed E-state index contributed by atoms with van der Waals surface area (Å²) in [6.45, 7) is 1.96. The Balaban J connectivity index is 1.33. The number of aromatic nitrogens is 1. The van der Waals surface area contributed by atoms with Gasteiger partial charge in [-0.25, -0.2) is 0 Å². The molecule has 3 heterocycles. The molecule has 8 heteroatoms. The molecule has 7 rings (SSSR count). The number of piperidine rings is 1. The third-order valence-electron chi connectivity index (χ3n) is 9.16. The summed E-state index contributed by atoms with van der Waals surface area (Å²) in [5.74, 6) is 1.25. The average Bonchev–Trinajstić information content (AvgIpc) is 3.32. The number of aromatic amines is 1. The number of H-pyrrole nitrogens is 1. The zero-order valence-electron chi connectivity index (χ0n) is 19.0. The number of ether oxygens (including phenoxy) is 1. The van der Waals surface area contributed by atoms with E-state index in [1.807, 2.05) is 6.07 Å². The SMILES string of the molecule is O=CNc1ccc2c3c1OC1C(NC(=O)c4ccc[nH]4)CC[C@@]4(O)[C@@H](C2)N(CC2CC2)CC[C@]314. The summed E-state index contributed by atoms with van der Waals surface area (Å²) >= 11 is 0. The Kier molecular flexibility index (Phi) is 4.28. The van der Waals surface area contributed by atoms with Crippen LogP contribution in [-0.2, 0) is 16.6 Å². The predicted molar refractivity (Wildman–Crippen MR) is 125 cm³/mol. The van der Waals surface area contributed by atoms with E-state index in [0.717, 1.165) is 37.4 Å². The van der Waals surface area contributed by atoms with Crippen LogP contribution in [0.5, 0.6) is 5.75 Å². The molecule has 0 radical (unpaired) electrons. The molecule has 5 aliphatic rings. The number of benzene rings is 1. The van der Waals surface area contributed by atoms with Crippen LogP contribution in [-0.4, -0.2) is 64.2 Å². The molecule has 3 aliphatic carbocycles. The molecule has 8 nitrogen and oxygen atoms in total. The van der Waals surface area contributed by atoms with Gasteiger partial charge in [-0.15, -0.1) is 0 Å². The molecule has 2 amide bonds. The zero-order chi connectivity index (χ0) is 23.1. The van der Waals surface area contributed by atoms with Gasteiger partial charge in [-0.05, 0) is 74.8 Å². The third-order valence-corrected chi connectivity index (χ3v) is 9.16. The van der Waals surface area contributed by atoms with Gasteiger partial charge in [-0.1, -0.05) is 6.07 Å². The number of carbonyl (C=O) groups is 2. The second kappa shape index (κ2) is 7.09. The van der Waals surface area contributed by atoms with E-state index < -0.39 is 11.0 Å².